The largest absolute Gasteiger partial charge is 0.416 e. The van der Waals surface area contributed by atoms with E-state index in [0.717, 1.165) is 61.1 Å². The second-order valence-electron chi connectivity index (χ2n) is 9.21. The van der Waals surface area contributed by atoms with Gasteiger partial charge in [-0.15, -0.1) is 12.4 Å². The lowest BCUT2D eigenvalue weighted by Crippen LogP contribution is -2.46. The molecule has 1 aliphatic heterocycles. The van der Waals surface area contributed by atoms with Gasteiger partial charge in [-0.1, -0.05) is 36.4 Å². The van der Waals surface area contributed by atoms with Crippen LogP contribution in [0.1, 0.15) is 40.9 Å². The molecule has 4 rings (SSSR count). The van der Waals surface area contributed by atoms with Gasteiger partial charge in [0.1, 0.15) is 0 Å². The first-order chi connectivity index (χ1) is 16.7. The molecule has 0 unspecified atom stereocenters. The van der Waals surface area contributed by atoms with Crippen molar-refractivity contribution < 1.29 is 18.0 Å². The minimum Gasteiger partial charge on any atom is -0.369 e. The number of unbranched alkanes of at least 4 members (excludes halogenated alkanes) is 1. The zero-order chi connectivity index (χ0) is 25.0. The summed E-state index contributed by atoms with van der Waals surface area (Å²) in [5, 5.41) is 0. The molecule has 4 nitrogen and oxygen atoms in total. The van der Waals surface area contributed by atoms with Crippen LogP contribution in [0.15, 0.2) is 60.7 Å². The van der Waals surface area contributed by atoms with Crippen molar-refractivity contribution in [2.24, 2.45) is 7.05 Å². The van der Waals surface area contributed by atoms with Crippen LogP contribution < -0.4 is 4.90 Å². The highest BCUT2D eigenvalue weighted by molar-refractivity contribution is 5.98. The molecule has 0 aliphatic carbocycles. The minimum atomic E-state index is -4.32. The van der Waals surface area contributed by atoms with Crippen LogP contribution in [0.25, 0.3) is 11.3 Å². The number of rotatable bonds is 8. The van der Waals surface area contributed by atoms with Gasteiger partial charge in [-0.25, -0.2) is 0 Å². The van der Waals surface area contributed by atoms with Gasteiger partial charge in [0.25, 0.3) is 0 Å². The molecule has 1 fully saturated rings. The zero-order valence-corrected chi connectivity index (χ0v) is 21.5. The van der Waals surface area contributed by atoms with Crippen molar-refractivity contribution in [3.8, 4) is 11.3 Å². The van der Waals surface area contributed by atoms with Gasteiger partial charge in [-0.2, -0.15) is 13.2 Å². The molecule has 194 valence electrons. The number of alkyl halides is 3. The van der Waals surface area contributed by atoms with E-state index in [1.54, 1.807) is 6.07 Å². The van der Waals surface area contributed by atoms with E-state index in [9.17, 15) is 18.0 Å². The van der Waals surface area contributed by atoms with Crippen LogP contribution in [-0.2, 0) is 13.2 Å². The van der Waals surface area contributed by atoms with Gasteiger partial charge in [-0.05, 0) is 56.1 Å². The highest BCUT2D eigenvalue weighted by Gasteiger charge is 2.31. The molecule has 0 saturated carbocycles. The van der Waals surface area contributed by atoms with Crippen LogP contribution in [0.3, 0.4) is 0 Å². The average molecular weight is 520 g/mol. The summed E-state index contributed by atoms with van der Waals surface area (Å²) in [6, 6.07) is 17.6. The standard InChI is InChI=1S/C28H32F3N3O.ClH/c1-21-25(20-26(32(21)2)22-9-4-3-5-10-22)27(35)13-6-7-14-33-15-17-34(18-16-33)24-12-8-11-23(19-24)28(29,30)31;/h3-5,8-12,19-20H,6-7,13-18H2,1-2H3;1H. The summed E-state index contributed by atoms with van der Waals surface area (Å²) in [7, 11) is 1.99. The summed E-state index contributed by atoms with van der Waals surface area (Å²) in [5.74, 6) is 0.176. The Morgan fingerprint density at radius 3 is 2.28 bits per heavy atom. The van der Waals surface area contributed by atoms with Crippen molar-refractivity contribution in [2.75, 3.05) is 37.6 Å². The summed E-state index contributed by atoms with van der Waals surface area (Å²) in [5.41, 5.74) is 3.94. The Morgan fingerprint density at radius 1 is 0.917 bits per heavy atom. The molecule has 0 spiro atoms. The average Bonchev–Trinajstić information content (AvgIpc) is 3.16. The highest BCUT2D eigenvalue weighted by atomic mass is 35.5. The summed E-state index contributed by atoms with van der Waals surface area (Å²) in [6.45, 7) is 5.90. The molecule has 0 atom stereocenters. The maximum atomic E-state index is 13.0. The number of aromatic nitrogens is 1. The van der Waals surface area contributed by atoms with Crippen LogP contribution in [-0.4, -0.2) is 48.0 Å². The Morgan fingerprint density at radius 2 is 1.61 bits per heavy atom. The summed E-state index contributed by atoms with van der Waals surface area (Å²) >= 11 is 0. The topological polar surface area (TPSA) is 28.5 Å². The fourth-order valence-electron chi connectivity index (χ4n) is 4.73. The van der Waals surface area contributed by atoms with Crippen molar-refractivity contribution in [1.29, 1.82) is 0 Å². The second kappa shape index (κ2) is 12.0. The third-order valence-corrected chi connectivity index (χ3v) is 6.94. The number of nitrogens with zero attached hydrogens (tertiary/aromatic N) is 3. The lowest BCUT2D eigenvalue weighted by Gasteiger charge is -2.36. The Labute approximate surface area is 217 Å². The number of benzene rings is 2. The van der Waals surface area contributed by atoms with E-state index in [0.29, 0.717) is 25.2 Å². The van der Waals surface area contributed by atoms with Gasteiger partial charge in [-0.3, -0.25) is 9.69 Å². The number of ketones is 1. The maximum Gasteiger partial charge on any atom is 0.416 e. The second-order valence-corrected chi connectivity index (χ2v) is 9.21. The molecule has 0 radical (unpaired) electrons. The van der Waals surface area contributed by atoms with Crippen molar-refractivity contribution in [1.82, 2.24) is 9.47 Å². The van der Waals surface area contributed by atoms with E-state index in [1.807, 2.05) is 43.1 Å². The Hall–Kier alpha value is -2.77. The van der Waals surface area contributed by atoms with Crippen molar-refractivity contribution >= 4 is 23.9 Å². The van der Waals surface area contributed by atoms with Crippen LogP contribution >= 0.6 is 12.4 Å². The van der Waals surface area contributed by atoms with Crippen molar-refractivity contribution in [3.05, 3.63) is 77.5 Å². The predicted octanol–water partition coefficient (Wildman–Crippen LogP) is 6.62. The summed E-state index contributed by atoms with van der Waals surface area (Å²) in [6.07, 6.45) is -2.06. The lowest BCUT2D eigenvalue weighted by molar-refractivity contribution is -0.137. The van der Waals surface area contributed by atoms with E-state index in [1.165, 1.54) is 12.1 Å². The highest BCUT2D eigenvalue weighted by Crippen LogP contribution is 2.32. The van der Waals surface area contributed by atoms with Crippen LogP contribution in [0.2, 0.25) is 0 Å². The third-order valence-electron chi connectivity index (χ3n) is 6.94. The van der Waals surface area contributed by atoms with E-state index < -0.39 is 11.7 Å². The molecule has 3 aromatic rings. The Bertz CT molecular complexity index is 1150. The summed E-state index contributed by atoms with van der Waals surface area (Å²) < 4.78 is 41.1. The predicted molar refractivity (Wildman–Crippen MR) is 141 cm³/mol. The molecule has 2 heterocycles. The molecular weight excluding hydrogens is 487 g/mol. The third kappa shape index (κ3) is 6.51. The zero-order valence-electron chi connectivity index (χ0n) is 20.7. The molecule has 0 amide bonds. The van der Waals surface area contributed by atoms with Gasteiger partial charge in [0.2, 0.25) is 0 Å². The minimum absolute atomic E-state index is 0. The first-order valence-corrected chi connectivity index (χ1v) is 12.1. The number of carbonyl (C=O) groups excluding carboxylic acids is 1. The van der Waals surface area contributed by atoms with Gasteiger partial charge < -0.3 is 9.47 Å². The SMILES string of the molecule is Cc1c(C(=O)CCCCN2CCN(c3cccc(C(F)(F)F)c3)CC2)cc(-c2ccccc2)n1C.Cl. The fourth-order valence-corrected chi connectivity index (χ4v) is 4.73. The molecular formula is C28H33ClF3N3O. The van der Waals surface area contributed by atoms with Gasteiger partial charge in [0.05, 0.1) is 5.56 Å². The molecule has 36 heavy (non-hydrogen) atoms. The lowest BCUT2D eigenvalue weighted by atomic mass is 10.0. The smallest absolute Gasteiger partial charge is 0.369 e. The van der Waals surface area contributed by atoms with Crippen LogP contribution in [0, 0.1) is 6.92 Å². The number of halogens is 4. The Kier molecular flexibility index (Phi) is 9.25. The number of piperazine rings is 1. The van der Waals surface area contributed by atoms with Gasteiger partial charge in [0, 0.05) is 62.3 Å². The van der Waals surface area contributed by atoms with Crippen LogP contribution in [0.4, 0.5) is 18.9 Å². The van der Waals surface area contributed by atoms with E-state index in [2.05, 4.69) is 21.6 Å². The maximum absolute atomic E-state index is 13.0. The first-order valence-electron chi connectivity index (χ1n) is 12.1. The molecule has 8 heteroatoms. The first kappa shape index (κ1) is 27.8. The molecule has 0 bridgehead atoms. The Balaban J connectivity index is 0.00000361. The quantitative estimate of drug-likeness (QED) is 0.247. The molecule has 1 saturated heterocycles. The number of anilines is 1. The number of hydrogen-bond acceptors (Lipinski definition) is 3. The molecule has 1 aromatic heterocycles. The van der Waals surface area contributed by atoms with Crippen molar-refractivity contribution in [3.63, 3.8) is 0 Å². The molecule has 1 aliphatic rings. The normalized spacial score (nSPS) is 14.5. The number of carbonyl (C=O) groups is 1. The number of Topliss-reactive ketones (excluding diaryl/α,β-unsaturated/α-hetero) is 1. The van der Waals surface area contributed by atoms with E-state index >= 15 is 0 Å². The fraction of sp³-hybridized carbons (Fsp3) is 0.393. The van der Waals surface area contributed by atoms with Gasteiger partial charge >= 0.3 is 6.18 Å². The number of hydrogen-bond donors (Lipinski definition) is 0. The van der Waals surface area contributed by atoms with Crippen LogP contribution in [0.5, 0.6) is 0 Å². The van der Waals surface area contributed by atoms with Gasteiger partial charge in [0.15, 0.2) is 5.78 Å². The molecule has 0 N–H and O–H groups in total. The van der Waals surface area contributed by atoms with E-state index in [4.69, 9.17) is 0 Å². The van der Waals surface area contributed by atoms with Crippen molar-refractivity contribution in [2.45, 2.75) is 32.4 Å². The molecule has 2 aromatic carbocycles. The summed E-state index contributed by atoms with van der Waals surface area (Å²) in [4.78, 5) is 17.2. The van der Waals surface area contributed by atoms with E-state index in [-0.39, 0.29) is 18.2 Å². The monoisotopic (exact) mass is 519 g/mol.